The molecule has 0 aromatic heterocycles. The molecule has 0 radical (unpaired) electrons. The van der Waals surface area contributed by atoms with Crippen molar-refractivity contribution in [1.29, 1.82) is 0 Å². The highest BCUT2D eigenvalue weighted by Crippen LogP contribution is 2.65. The summed E-state index contributed by atoms with van der Waals surface area (Å²) in [6, 6.07) is 0. The van der Waals surface area contributed by atoms with Gasteiger partial charge in [0.1, 0.15) is 0 Å². The highest BCUT2D eigenvalue weighted by atomic mass is 14.6. The molecule has 104 valence electrons. The number of allylic oxidation sites excluding steroid dienone is 2. The molecular weight excluding hydrogens is 216 g/mol. The van der Waals surface area contributed by atoms with E-state index < -0.39 is 0 Å². The first-order chi connectivity index (χ1) is 8.14. The second-order valence-corrected chi connectivity index (χ2v) is 8.41. The molecule has 0 nitrogen and oxygen atoms in total. The van der Waals surface area contributed by atoms with Crippen LogP contribution in [-0.2, 0) is 0 Å². The summed E-state index contributed by atoms with van der Waals surface area (Å²) in [6.45, 7) is 17.4. The Hall–Kier alpha value is -0.260. The van der Waals surface area contributed by atoms with E-state index in [-0.39, 0.29) is 0 Å². The van der Waals surface area contributed by atoms with Crippen LogP contribution in [0, 0.1) is 28.1 Å². The quantitative estimate of drug-likeness (QED) is 0.473. The van der Waals surface area contributed by atoms with Crippen molar-refractivity contribution in [2.45, 2.75) is 74.1 Å². The molecule has 0 aliphatic heterocycles. The second kappa shape index (κ2) is 4.12. The van der Waals surface area contributed by atoms with Crippen molar-refractivity contribution >= 4 is 0 Å². The Morgan fingerprint density at radius 1 is 1.17 bits per heavy atom. The van der Waals surface area contributed by atoms with Crippen LogP contribution in [-0.4, -0.2) is 0 Å². The lowest BCUT2D eigenvalue weighted by molar-refractivity contribution is -0.111. The zero-order valence-corrected chi connectivity index (χ0v) is 13.6. The first-order valence-corrected chi connectivity index (χ1v) is 7.81. The van der Waals surface area contributed by atoms with Crippen LogP contribution in [0.2, 0.25) is 0 Å². The van der Waals surface area contributed by atoms with Gasteiger partial charge in [-0.1, -0.05) is 53.2 Å². The highest BCUT2D eigenvalue weighted by molar-refractivity contribution is 5.21. The van der Waals surface area contributed by atoms with Gasteiger partial charge < -0.3 is 0 Å². The molecular formula is C18H32. The molecule has 2 aliphatic rings. The van der Waals surface area contributed by atoms with E-state index in [4.69, 9.17) is 0 Å². The number of fused-ring (bicyclic) bond motifs is 1. The summed E-state index contributed by atoms with van der Waals surface area (Å²) >= 11 is 0. The molecule has 0 amide bonds. The van der Waals surface area contributed by atoms with E-state index in [2.05, 4.69) is 54.5 Å². The minimum atomic E-state index is 0.399. The molecule has 0 heterocycles. The Kier molecular flexibility index (Phi) is 3.24. The molecule has 0 aromatic carbocycles. The van der Waals surface area contributed by atoms with Crippen LogP contribution in [0.15, 0.2) is 11.6 Å². The van der Waals surface area contributed by atoms with Crippen LogP contribution < -0.4 is 0 Å². The maximum atomic E-state index is 2.58. The molecule has 0 N–H and O–H groups in total. The minimum Gasteiger partial charge on any atom is -0.0850 e. The van der Waals surface area contributed by atoms with Gasteiger partial charge in [-0.2, -0.15) is 0 Å². The van der Waals surface area contributed by atoms with E-state index in [0.29, 0.717) is 16.2 Å². The molecule has 4 atom stereocenters. The van der Waals surface area contributed by atoms with Crippen LogP contribution in [0.25, 0.3) is 0 Å². The third-order valence-corrected chi connectivity index (χ3v) is 7.04. The molecule has 0 saturated heterocycles. The summed E-state index contributed by atoms with van der Waals surface area (Å²) in [6.07, 6.45) is 7.99. The minimum absolute atomic E-state index is 0.399. The first-order valence-electron chi connectivity index (χ1n) is 7.81. The summed E-state index contributed by atoms with van der Waals surface area (Å²) in [4.78, 5) is 0. The molecule has 2 aliphatic carbocycles. The van der Waals surface area contributed by atoms with Gasteiger partial charge in [-0.15, -0.1) is 0 Å². The van der Waals surface area contributed by atoms with E-state index >= 15 is 0 Å². The zero-order chi connectivity index (χ0) is 13.8. The fraction of sp³-hybridized carbons (Fsp3) is 0.889. The standard InChI is InChI=1S/C18H32/c1-13-9-8-10-15-17(13,6)12-11-14(2)18(15,7)16(3,4)5/h9,14-15H,8,10-12H2,1-7H3/t14-,15+,17-,18+/m0/s1. The van der Waals surface area contributed by atoms with E-state index in [0.717, 1.165) is 11.8 Å². The summed E-state index contributed by atoms with van der Waals surface area (Å²) in [5.41, 5.74) is 3.00. The van der Waals surface area contributed by atoms with Crippen LogP contribution >= 0.6 is 0 Å². The molecule has 1 saturated carbocycles. The number of hydrogen-bond acceptors (Lipinski definition) is 0. The summed E-state index contributed by atoms with van der Waals surface area (Å²) in [7, 11) is 0. The van der Waals surface area contributed by atoms with Gasteiger partial charge in [0.15, 0.2) is 0 Å². The lowest BCUT2D eigenvalue weighted by Gasteiger charge is -2.62. The van der Waals surface area contributed by atoms with Gasteiger partial charge in [-0.05, 0) is 60.7 Å². The van der Waals surface area contributed by atoms with Gasteiger partial charge in [-0.25, -0.2) is 0 Å². The Bertz CT molecular complexity index is 357. The number of rotatable bonds is 0. The van der Waals surface area contributed by atoms with Crippen molar-refractivity contribution < 1.29 is 0 Å². The van der Waals surface area contributed by atoms with Gasteiger partial charge >= 0.3 is 0 Å². The van der Waals surface area contributed by atoms with Gasteiger partial charge in [0.25, 0.3) is 0 Å². The lowest BCUT2D eigenvalue weighted by Crippen LogP contribution is -2.55. The average molecular weight is 248 g/mol. The van der Waals surface area contributed by atoms with Gasteiger partial charge in [0, 0.05) is 0 Å². The van der Waals surface area contributed by atoms with Crippen molar-refractivity contribution in [2.75, 3.05) is 0 Å². The molecule has 0 bridgehead atoms. The van der Waals surface area contributed by atoms with Gasteiger partial charge in [-0.3, -0.25) is 0 Å². The third-order valence-electron chi connectivity index (χ3n) is 7.04. The fourth-order valence-electron chi connectivity index (χ4n) is 5.05. The van der Waals surface area contributed by atoms with Crippen molar-refractivity contribution in [3.63, 3.8) is 0 Å². The van der Waals surface area contributed by atoms with Crippen LogP contribution in [0.5, 0.6) is 0 Å². The Balaban J connectivity index is 2.50. The molecule has 0 unspecified atom stereocenters. The van der Waals surface area contributed by atoms with Crippen LogP contribution in [0.4, 0.5) is 0 Å². The lowest BCUT2D eigenvalue weighted by atomic mass is 9.42. The normalized spacial score (nSPS) is 45.4. The molecule has 0 spiro atoms. The van der Waals surface area contributed by atoms with E-state index in [1.54, 1.807) is 5.57 Å². The predicted octanol–water partition coefficient (Wildman–Crippen LogP) is 5.83. The van der Waals surface area contributed by atoms with Crippen molar-refractivity contribution in [3.05, 3.63) is 11.6 Å². The molecule has 2 rings (SSSR count). The Morgan fingerprint density at radius 2 is 1.78 bits per heavy atom. The molecule has 0 aromatic rings. The predicted molar refractivity (Wildman–Crippen MR) is 80.5 cm³/mol. The smallest absolute Gasteiger partial charge is 0.00852 e. The van der Waals surface area contributed by atoms with Gasteiger partial charge in [0.2, 0.25) is 0 Å². The summed E-state index contributed by atoms with van der Waals surface area (Å²) in [5.74, 6) is 1.71. The highest BCUT2D eigenvalue weighted by Gasteiger charge is 2.57. The average Bonchev–Trinajstić information content (AvgIpc) is 2.26. The van der Waals surface area contributed by atoms with Gasteiger partial charge in [0.05, 0.1) is 0 Å². The van der Waals surface area contributed by atoms with Crippen LogP contribution in [0.3, 0.4) is 0 Å². The maximum Gasteiger partial charge on any atom is -0.00852 e. The Labute approximate surface area is 114 Å². The van der Waals surface area contributed by atoms with E-state index in [1.807, 2.05) is 0 Å². The van der Waals surface area contributed by atoms with Crippen molar-refractivity contribution in [1.82, 2.24) is 0 Å². The third kappa shape index (κ3) is 1.71. The maximum absolute atomic E-state index is 2.58. The summed E-state index contributed by atoms with van der Waals surface area (Å²) < 4.78 is 0. The molecule has 0 heteroatoms. The molecule has 1 fully saturated rings. The molecule has 18 heavy (non-hydrogen) atoms. The monoisotopic (exact) mass is 248 g/mol. The first kappa shape index (κ1) is 14.2. The fourth-order valence-corrected chi connectivity index (χ4v) is 5.05. The van der Waals surface area contributed by atoms with E-state index in [1.165, 1.54) is 25.7 Å². The zero-order valence-electron chi connectivity index (χ0n) is 13.6. The number of hydrogen-bond donors (Lipinski definition) is 0. The second-order valence-electron chi connectivity index (χ2n) is 8.41. The Morgan fingerprint density at radius 3 is 2.33 bits per heavy atom. The van der Waals surface area contributed by atoms with E-state index in [9.17, 15) is 0 Å². The van der Waals surface area contributed by atoms with Crippen LogP contribution in [0.1, 0.15) is 74.1 Å². The largest absolute Gasteiger partial charge is 0.0850 e. The van der Waals surface area contributed by atoms with Crippen molar-refractivity contribution in [3.8, 4) is 0 Å². The summed E-state index contributed by atoms with van der Waals surface area (Å²) in [5, 5.41) is 0. The SMILES string of the molecule is CC1=CCC[C@H]2[C@](C)(C(C)(C)C)[C@@H](C)CC[C@@]12C. The topological polar surface area (TPSA) is 0 Å². The van der Waals surface area contributed by atoms with Crippen molar-refractivity contribution in [2.24, 2.45) is 28.1 Å².